The lowest BCUT2D eigenvalue weighted by Crippen LogP contribution is -2.17. The van der Waals surface area contributed by atoms with E-state index in [1.54, 1.807) is 25.3 Å². The maximum Gasteiger partial charge on any atom is 0.419 e. The van der Waals surface area contributed by atoms with Crippen LogP contribution in [0.1, 0.15) is 18.1 Å². The van der Waals surface area contributed by atoms with E-state index in [9.17, 15) is 18.0 Å². The maximum atomic E-state index is 13.2. The van der Waals surface area contributed by atoms with Gasteiger partial charge >= 0.3 is 11.9 Å². The Morgan fingerprint density at radius 3 is 2.58 bits per heavy atom. The Morgan fingerprint density at radius 1 is 1.06 bits per heavy atom. The summed E-state index contributed by atoms with van der Waals surface area (Å²) in [6.07, 6.45) is -3.29. The number of nitrogens with zero attached hydrogens (tertiary/aromatic N) is 2. The van der Waals surface area contributed by atoms with Crippen LogP contribution in [0.25, 0.3) is 11.2 Å². The van der Waals surface area contributed by atoms with Gasteiger partial charge < -0.3 is 19.2 Å². The van der Waals surface area contributed by atoms with Gasteiger partial charge in [0.15, 0.2) is 17.1 Å². The number of nitrogens with one attached hydrogen (secondary N) is 1. The van der Waals surface area contributed by atoms with Gasteiger partial charge in [-0.05, 0) is 36.8 Å². The quantitative estimate of drug-likeness (QED) is 0.421. The van der Waals surface area contributed by atoms with E-state index in [0.717, 1.165) is 11.6 Å². The fraction of sp³-hybridized carbons (Fsp3) is 0.217. The first-order valence-electron chi connectivity index (χ1n) is 10.0. The number of imidazole rings is 1. The molecule has 0 aliphatic heterocycles. The van der Waals surface area contributed by atoms with E-state index < -0.39 is 17.4 Å². The highest BCUT2D eigenvalue weighted by Crippen LogP contribution is 2.38. The first-order chi connectivity index (χ1) is 15.8. The van der Waals surface area contributed by atoms with Crippen LogP contribution in [0.5, 0.6) is 23.0 Å². The molecule has 172 valence electrons. The zero-order valence-corrected chi connectivity index (χ0v) is 17.8. The van der Waals surface area contributed by atoms with E-state index in [0.29, 0.717) is 29.3 Å². The number of fused-ring (bicyclic) bond motifs is 1. The third-order valence-electron chi connectivity index (χ3n) is 4.87. The van der Waals surface area contributed by atoms with E-state index in [2.05, 4.69) is 9.97 Å². The molecule has 0 radical (unpaired) electrons. The first-order valence-corrected chi connectivity index (χ1v) is 10.0. The molecule has 2 heterocycles. The van der Waals surface area contributed by atoms with Gasteiger partial charge in [-0.25, -0.2) is 9.78 Å². The van der Waals surface area contributed by atoms with Crippen LogP contribution in [0.3, 0.4) is 0 Å². The zero-order valence-electron chi connectivity index (χ0n) is 17.8. The average Bonchev–Trinajstić information content (AvgIpc) is 3.08. The molecule has 0 bridgehead atoms. The maximum absolute atomic E-state index is 13.2. The molecule has 0 unspecified atom stereocenters. The van der Waals surface area contributed by atoms with E-state index >= 15 is 0 Å². The Balaban J connectivity index is 1.64. The topological polar surface area (TPSA) is 78.4 Å². The van der Waals surface area contributed by atoms with Crippen LogP contribution in [0.15, 0.2) is 59.5 Å². The highest BCUT2D eigenvalue weighted by molar-refractivity contribution is 5.72. The van der Waals surface area contributed by atoms with Crippen molar-refractivity contribution in [2.75, 3.05) is 13.7 Å². The van der Waals surface area contributed by atoms with Crippen molar-refractivity contribution in [3.05, 3.63) is 76.3 Å². The van der Waals surface area contributed by atoms with Gasteiger partial charge in [0.1, 0.15) is 11.5 Å². The van der Waals surface area contributed by atoms with Crippen LogP contribution in [0.2, 0.25) is 0 Å². The fourth-order valence-electron chi connectivity index (χ4n) is 3.41. The third-order valence-corrected chi connectivity index (χ3v) is 4.87. The number of para-hydroxylation sites is 1. The number of aromatic amines is 1. The molecule has 0 spiro atoms. The molecule has 0 amide bonds. The summed E-state index contributed by atoms with van der Waals surface area (Å²) in [5.74, 6) is 0.841. The number of hydrogen-bond donors (Lipinski definition) is 1. The predicted octanol–water partition coefficient (Wildman–Crippen LogP) is 4.99. The number of halogens is 3. The molecule has 0 fully saturated rings. The predicted molar refractivity (Wildman–Crippen MR) is 115 cm³/mol. The van der Waals surface area contributed by atoms with E-state index in [-0.39, 0.29) is 18.0 Å². The Hall–Kier alpha value is -3.95. The molecule has 10 heteroatoms. The normalized spacial score (nSPS) is 11.5. The molecule has 0 aliphatic rings. The van der Waals surface area contributed by atoms with Gasteiger partial charge in [-0.1, -0.05) is 18.2 Å². The van der Waals surface area contributed by atoms with Crippen LogP contribution in [0, 0.1) is 0 Å². The Bertz CT molecular complexity index is 1350. The number of pyridine rings is 1. The Kier molecular flexibility index (Phi) is 5.99. The number of ether oxygens (including phenoxy) is 3. The van der Waals surface area contributed by atoms with Gasteiger partial charge in [0.05, 0.1) is 37.5 Å². The van der Waals surface area contributed by atoms with Crippen LogP contribution >= 0.6 is 0 Å². The number of rotatable bonds is 7. The molecule has 2 aromatic carbocycles. The number of aromatic nitrogens is 3. The molecule has 0 atom stereocenters. The van der Waals surface area contributed by atoms with Gasteiger partial charge in [0, 0.05) is 6.07 Å². The highest BCUT2D eigenvalue weighted by Gasteiger charge is 2.34. The van der Waals surface area contributed by atoms with Gasteiger partial charge in [0.2, 0.25) is 0 Å². The third kappa shape index (κ3) is 4.64. The van der Waals surface area contributed by atoms with Crippen molar-refractivity contribution in [3.63, 3.8) is 0 Å². The molecule has 0 aliphatic carbocycles. The lowest BCUT2D eigenvalue weighted by molar-refractivity contribution is -0.138. The number of benzene rings is 2. The summed E-state index contributed by atoms with van der Waals surface area (Å²) in [6.45, 7) is 2.51. The summed E-state index contributed by atoms with van der Waals surface area (Å²) in [5, 5.41) is 0. The molecular weight excluding hydrogens is 439 g/mol. The van der Waals surface area contributed by atoms with Gasteiger partial charge in [-0.3, -0.25) is 4.57 Å². The molecular formula is C23H20F3N3O4. The van der Waals surface area contributed by atoms with Crippen molar-refractivity contribution >= 4 is 11.2 Å². The van der Waals surface area contributed by atoms with Crippen molar-refractivity contribution in [1.29, 1.82) is 0 Å². The van der Waals surface area contributed by atoms with Crippen molar-refractivity contribution < 1.29 is 27.4 Å². The monoisotopic (exact) mass is 459 g/mol. The molecule has 0 saturated carbocycles. The zero-order chi connectivity index (χ0) is 23.6. The second-order valence-corrected chi connectivity index (χ2v) is 7.07. The van der Waals surface area contributed by atoms with E-state index in [1.807, 2.05) is 6.92 Å². The molecule has 7 nitrogen and oxygen atoms in total. The lowest BCUT2D eigenvalue weighted by Gasteiger charge is -2.13. The fourth-order valence-corrected chi connectivity index (χ4v) is 3.41. The van der Waals surface area contributed by atoms with E-state index in [4.69, 9.17) is 14.2 Å². The second kappa shape index (κ2) is 8.89. The van der Waals surface area contributed by atoms with E-state index in [1.165, 1.54) is 35.0 Å². The SMILES string of the molecule is CCOc1cc(Cn2c(=O)[nH]c3cc(Oc4ccccc4C(F)(F)F)cnc32)ccc1OC. The number of methoxy groups -OCH3 is 1. The van der Waals surface area contributed by atoms with Crippen molar-refractivity contribution in [2.45, 2.75) is 19.6 Å². The summed E-state index contributed by atoms with van der Waals surface area (Å²) in [5.41, 5.74) is 0.133. The standard InChI is InChI=1S/C23H20F3N3O4/c1-3-32-20-10-14(8-9-19(20)31-2)13-29-21-17(28-22(29)30)11-15(12-27-21)33-18-7-5-4-6-16(18)23(24,25)26/h4-12H,3,13H2,1-2H3,(H,28,30). The second-order valence-electron chi connectivity index (χ2n) is 7.07. The molecule has 1 N–H and O–H groups in total. The number of alkyl halides is 3. The van der Waals surface area contributed by atoms with Gasteiger partial charge in [0.25, 0.3) is 0 Å². The van der Waals surface area contributed by atoms with Crippen LogP contribution < -0.4 is 19.9 Å². The van der Waals surface area contributed by atoms with Gasteiger partial charge in [-0.15, -0.1) is 0 Å². The highest BCUT2D eigenvalue weighted by atomic mass is 19.4. The van der Waals surface area contributed by atoms with Crippen molar-refractivity contribution in [1.82, 2.24) is 14.5 Å². The minimum Gasteiger partial charge on any atom is -0.493 e. The van der Waals surface area contributed by atoms with Crippen LogP contribution in [-0.4, -0.2) is 28.3 Å². The molecule has 4 rings (SSSR count). The van der Waals surface area contributed by atoms with Gasteiger partial charge in [-0.2, -0.15) is 13.2 Å². The van der Waals surface area contributed by atoms with Crippen LogP contribution in [0.4, 0.5) is 13.2 Å². The van der Waals surface area contributed by atoms with Crippen molar-refractivity contribution in [3.8, 4) is 23.0 Å². The number of H-pyrrole nitrogens is 1. The average molecular weight is 459 g/mol. The first kappa shape index (κ1) is 22.3. The molecule has 4 aromatic rings. The summed E-state index contributed by atoms with van der Waals surface area (Å²) in [6, 6.07) is 11.7. The number of hydrogen-bond acceptors (Lipinski definition) is 5. The largest absolute Gasteiger partial charge is 0.493 e. The lowest BCUT2D eigenvalue weighted by atomic mass is 10.2. The van der Waals surface area contributed by atoms with Crippen molar-refractivity contribution in [2.24, 2.45) is 0 Å². The summed E-state index contributed by atoms with van der Waals surface area (Å²) >= 11 is 0. The summed E-state index contributed by atoms with van der Waals surface area (Å²) in [7, 11) is 1.54. The minimum atomic E-state index is -4.57. The molecule has 0 saturated heterocycles. The van der Waals surface area contributed by atoms with Crippen LogP contribution in [-0.2, 0) is 12.7 Å². The molecule has 33 heavy (non-hydrogen) atoms. The summed E-state index contributed by atoms with van der Waals surface area (Å²) in [4.78, 5) is 19.5. The summed E-state index contributed by atoms with van der Waals surface area (Å²) < 4.78 is 57.4. The molecule has 2 aromatic heterocycles. The minimum absolute atomic E-state index is 0.0654. The Morgan fingerprint density at radius 2 is 1.85 bits per heavy atom. The smallest absolute Gasteiger partial charge is 0.419 e. The Labute approximate surface area is 186 Å².